The summed E-state index contributed by atoms with van der Waals surface area (Å²) in [6.07, 6.45) is 0. The molecule has 2 aromatic rings. The number of ketones is 1. The molecule has 3 nitrogen and oxygen atoms in total. The molecule has 15 heavy (non-hydrogen) atoms. The lowest BCUT2D eigenvalue weighted by atomic mass is 10.3. The van der Waals surface area contributed by atoms with Gasteiger partial charge in [-0.15, -0.1) is 0 Å². The zero-order valence-corrected chi connectivity index (χ0v) is 8.27. The lowest BCUT2D eigenvalue weighted by Crippen LogP contribution is -1.86. The van der Waals surface area contributed by atoms with E-state index in [-0.39, 0.29) is 5.78 Å². The number of ether oxygens (including phenoxy) is 1. The first-order valence-electron chi connectivity index (χ1n) is 4.59. The van der Waals surface area contributed by atoms with Crippen LogP contribution < -0.4 is 4.74 Å². The topological polar surface area (TPSA) is 39.4 Å². The Morgan fingerprint density at radius 2 is 1.87 bits per heavy atom. The molecule has 0 unspecified atom stereocenters. The molecule has 2 rings (SSSR count). The summed E-state index contributed by atoms with van der Waals surface area (Å²) in [4.78, 5) is 11.0. The zero-order chi connectivity index (χ0) is 10.7. The lowest BCUT2D eigenvalue weighted by molar-refractivity contribution is 0.0982. The van der Waals surface area contributed by atoms with Crippen LogP contribution in [0.25, 0.3) is 0 Å². The van der Waals surface area contributed by atoms with Crippen molar-refractivity contribution in [1.82, 2.24) is 0 Å². The van der Waals surface area contributed by atoms with Gasteiger partial charge in [-0.25, -0.2) is 0 Å². The third-order valence-corrected chi connectivity index (χ3v) is 1.89. The molecule has 0 aliphatic carbocycles. The van der Waals surface area contributed by atoms with Crippen molar-refractivity contribution < 1.29 is 13.9 Å². The molecule has 0 radical (unpaired) electrons. The molecule has 0 saturated carbocycles. The monoisotopic (exact) mass is 202 g/mol. The zero-order valence-electron chi connectivity index (χ0n) is 8.27. The molecular weight excluding hydrogens is 192 g/mol. The molecule has 3 heteroatoms. The number of hydrogen-bond donors (Lipinski definition) is 0. The highest BCUT2D eigenvalue weighted by Gasteiger charge is 2.07. The number of para-hydroxylation sites is 1. The van der Waals surface area contributed by atoms with Crippen LogP contribution in [0.1, 0.15) is 17.5 Å². The van der Waals surface area contributed by atoms with E-state index in [9.17, 15) is 4.79 Å². The number of carbonyl (C=O) groups excluding carboxylic acids is 1. The van der Waals surface area contributed by atoms with E-state index in [1.54, 1.807) is 12.1 Å². The van der Waals surface area contributed by atoms with Gasteiger partial charge >= 0.3 is 0 Å². The fourth-order valence-electron chi connectivity index (χ4n) is 1.17. The fourth-order valence-corrected chi connectivity index (χ4v) is 1.17. The Kier molecular flexibility index (Phi) is 2.54. The number of hydrogen-bond acceptors (Lipinski definition) is 3. The second kappa shape index (κ2) is 4.00. The van der Waals surface area contributed by atoms with Crippen LogP contribution in [0.2, 0.25) is 0 Å². The molecule has 0 aliphatic heterocycles. The number of carbonyl (C=O) groups is 1. The Bertz CT molecular complexity index is 457. The predicted octanol–water partition coefficient (Wildman–Crippen LogP) is 3.27. The van der Waals surface area contributed by atoms with Gasteiger partial charge < -0.3 is 9.15 Å². The highest BCUT2D eigenvalue weighted by molar-refractivity contribution is 5.91. The normalized spacial score (nSPS) is 9.93. The Morgan fingerprint density at radius 1 is 1.13 bits per heavy atom. The molecule has 1 aromatic heterocycles. The highest BCUT2D eigenvalue weighted by atomic mass is 16.6. The van der Waals surface area contributed by atoms with Gasteiger partial charge in [0, 0.05) is 13.0 Å². The summed E-state index contributed by atoms with van der Waals surface area (Å²) >= 11 is 0. The summed E-state index contributed by atoms with van der Waals surface area (Å²) in [5.74, 6) is 1.20. The summed E-state index contributed by atoms with van der Waals surface area (Å²) in [5, 5.41) is 0. The van der Waals surface area contributed by atoms with Gasteiger partial charge in [-0.1, -0.05) is 18.2 Å². The number of furan rings is 1. The van der Waals surface area contributed by atoms with Crippen LogP contribution in [-0.2, 0) is 0 Å². The first-order valence-corrected chi connectivity index (χ1v) is 4.59. The summed E-state index contributed by atoms with van der Waals surface area (Å²) in [5.41, 5.74) is 0. The Hall–Kier alpha value is -2.03. The molecular formula is C12H10O3. The van der Waals surface area contributed by atoms with Crippen LogP contribution in [0.3, 0.4) is 0 Å². The van der Waals surface area contributed by atoms with Crippen LogP contribution in [0, 0.1) is 0 Å². The van der Waals surface area contributed by atoms with Gasteiger partial charge in [-0.3, -0.25) is 4.79 Å². The largest absolute Gasteiger partial charge is 0.426 e. The Balaban J connectivity index is 2.15. The second-order valence-corrected chi connectivity index (χ2v) is 3.09. The van der Waals surface area contributed by atoms with Gasteiger partial charge in [0.2, 0.25) is 0 Å². The quantitative estimate of drug-likeness (QED) is 0.717. The van der Waals surface area contributed by atoms with Gasteiger partial charge in [0.15, 0.2) is 11.5 Å². The highest BCUT2D eigenvalue weighted by Crippen LogP contribution is 2.23. The summed E-state index contributed by atoms with van der Waals surface area (Å²) < 4.78 is 10.6. The van der Waals surface area contributed by atoms with Crippen molar-refractivity contribution in [1.29, 1.82) is 0 Å². The van der Waals surface area contributed by atoms with Gasteiger partial charge in [-0.2, -0.15) is 0 Å². The van der Waals surface area contributed by atoms with E-state index < -0.39 is 0 Å². The molecule has 76 valence electrons. The smallest absolute Gasteiger partial charge is 0.290 e. The van der Waals surface area contributed by atoms with Gasteiger partial charge in [-0.05, 0) is 18.2 Å². The average Bonchev–Trinajstić information content (AvgIpc) is 2.68. The minimum absolute atomic E-state index is 0.113. The molecule has 0 N–H and O–H groups in total. The van der Waals surface area contributed by atoms with E-state index in [1.807, 2.05) is 30.3 Å². The van der Waals surface area contributed by atoms with Gasteiger partial charge in [0.25, 0.3) is 5.95 Å². The number of Topliss-reactive ketones (excluding diaryl/α,β-unsaturated/α-hetero) is 1. The van der Waals surface area contributed by atoms with Crippen molar-refractivity contribution in [2.24, 2.45) is 0 Å². The Labute approximate surface area is 87.3 Å². The first kappa shape index (κ1) is 9.52. The van der Waals surface area contributed by atoms with Crippen LogP contribution in [0.15, 0.2) is 46.9 Å². The SMILES string of the molecule is CC(=O)c1ccc(Oc2ccccc2)o1. The van der Waals surface area contributed by atoms with Crippen LogP contribution >= 0.6 is 0 Å². The molecule has 1 aromatic carbocycles. The maximum atomic E-state index is 11.0. The third-order valence-electron chi connectivity index (χ3n) is 1.89. The van der Waals surface area contributed by atoms with Crippen LogP contribution in [0.5, 0.6) is 11.7 Å². The first-order chi connectivity index (χ1) is 7.25. The summed E-state index contributed by atoms with van der Waals surface area (Å²) in [6, 6.07) is 12.5. The van der Waals surface area contributed by atoms with Crippen molar-refractivity contribution in [2.45, 2.75) is 6.92 Å². The molecule has 0 atom stereocenters. The van der Waals surface area contributed by atoms with E-state index in [1.165, 1.54) is 6.92 Å². The average molecular weight is 202 g/mol. The molecule has 0 aliphatic rings. The van der Waals surface area contributed by atoms with Crippen LogP contribution in [-0.4, -0.2) is 5.78 Å². The summed E-state index contributed by atoms with van der Waals surface area (Å²) in [7, 11) is 0. The van der Waals surface area contributed by atoms with Crippen LogP contribution in [0.4, 0.5) is 0 Å². The van der Waals surface area contributed by atoms with E-state index in [0.29, 0.717) is 17.5 Å². The number of rotatable bonds is 3. The predicted molar refractivity (Wildman–Crippen MR) is 55.2 cm³/mol. The van der Waals surface area contributed by atoms with E-state index in [4.69, 9.17) is 9.15 Å². The minimum atomic E-state index is -0.113. The maximum Gasteiger partial charge on any atom is 0.290 e. The van der Waals surface area contributed by atoms with Crippen molar-refractivity contribution in [2.75, 3.05) is 0 Å². The molecule has 0 amide bonds. The van der Waals surface area contributed by atoms with E-state index in [0.717, 1.165) is 0 Å². The lowest BCUT2D eigenvalue weighted by Gasteiger charge is -1.99. The Morgan fingerprint density at radius 3 is 2.47 bits per heavy atom. The van der Waals surface area contributed by atoms with Crippen molar-refractivity contribution >= 4 is 5.78 Å². The molecule has 0 spiro atoms. The third kappa shape index (κ3) is 2.26. The molecule has 0 fully saturated rings. The minimum Gasteiger partial charge on any atom is -0.426 e. The second-order valence-electron chi connectivity index (χ2n) is 3.09. The summed E-state index contributed by atoms with van der Waals surface area (Å²) in [6.45, 7) is 1.45. The van der Waals surface area contributed by atoms with Crippen molar-refractivity contribution in [3.63, 3.8) is 0 Å². The molecule has 0 bridgehead atoms. The fraction of sp³-hybridized carbons (Fsp3) is 0.0833. The molecule has 0 saturated heterocycles. The standard InChI is InChI=1S/C12H10O3/c1-9(13)11-7-8-12(15-11)14-10-5-3-2-4-6-10/h2-8H,1H3. The van der Waals surface area contributed by atoms with Gasteiger partial charge in [0.05, 0.1) is 0 Å². The molecule has 1 heterocycles. The van der Waals surface area contributed by atoms with E-state index in [2.05, 4.69) is 0 Å². The van der Waals surface area contributed by atoms with E-state index >= 15 is 0 Å². The van der Waals surface area contributed by atoms with Crippen molar-refractivity contribution in [3.05, 3.63) is 48.2 Å². The van der Waals surface area contributed by atoms with Crippen molar-refractivity contribution in [3.8, 4) is 11.7 Å². The van der Waals surface area contributed by atoms with Gasteiger partial charge in [0.1, 0.15) is 5.75 Å². The maximum absolute atomic E-state index is 11.0. The number of benzene rings is 1.